The smallest absolute Gasteiger partial charge is 0.412 e. The minimum Gasteiger partial charge on any atom is -0.506 e. The first-order chi connectivity index (χ1) is 9.23. The number of phenols is 1. The molecule has 0 unspecified atom stereocenters. The van der Waals surface area contributed by atoms with E-state index in [2.05, 4.69) is 5.32 Å². The number of carbonyl (C=O) groups is 2. The van der Waals surface area contributed by atoms with Gasteiger partial charge in [0.1, 0.15) is 11.4 Å². The van der Waals surface area contributed by atoms with Gasteiger partial charge >= 0.3 is 12.1 Å². The van der Waals surface area contributed by atoms with Crippen molar-refractivity contribution in [2.24, 2.45) is 0 Å². The zero-order valence-corrected chi connectivity index (χ0v) is 12.0. The summed E-state index contributed by atoms with van der Waals surface area (Å²) in [6.07, 6.45) is -0.684. The number of phenolic OH excluding ortho intramolecular Hbond substituents is 1. The van der Waals surface area contributed by atoms with Crippen LogP contribution in [0.25, 0.3) is 0 Å². The van der Waals surface area contributed by atoms with Crippen LogP contribution in [0.15, 0.2) is 18.2 Å². The van der Waals surface area contributed by atoms with E-state index in [9.17, 15) is 14.7 Å². The quantitative estimate of drug-likeness (QED) is 0.657. The lowest BCUT2D eigenvalue weighted by Crippen LogP contribution is -2.27. The van der Waals surface area contributed by atoms with Gasteiger partial charge in [-0.25, -0.2) is 9.59 Å². The molecular weight excluding hydrogens is 262 g/mol. The average Bonchev–Trinajstić information content (AvgIpc) is 2.29. The van der Waals surface area contributed by atoms with Crippen LogP contribution in [0, 0.1) is 0 Å². The predicted molar refractivity (Wildman–Crippen MR) is 73.9 cm³/mol. The highest BCUT2D eigenvalue weighted by Gasteiger charge is 2.18. The van der Waals surface area contributed by atoms with Gasteiger partial charge in [-0.15, -0.1) is 0 Å². The summed E-state index contributed by atoms with van der Waals surface area (Å²) in [6, 6.07) is 4.08. The second-order valence-electron chi connectivity index (χ2n) is 5.08. The molecule has 0 bridgehead atoms. The van der Waals surface area contributed by atoms with Crippen LogP contribution in [0.4, 0.5) is 10.5 Å². The molecule has 0 saturated heterocycles. The van der Waals surface area contributed by atoms with Gasteiger partial charge in [-0.05, 0) is 45.9 Å². The molecule has 0 spiro atoms. The lowest BCUT2D eigenvalue weighted by Gasteiger charge is -2.20. The van der Waals surface area contributed by atoms with Crippen LogP contribution in [-0.4, -0.2) is 29.4 Å². The van der Waals surface area contributed by atoms with Crippen LogP contribution < -0.4 is 5.32 Å². The van der Waals surface area contributed by atoms with Crippen LogP contribution in [0.1, 0.15) is 38.1 Å². The van der Waals surface area contributed by atoms with Crippen molar-refractivity contribution in [2.45, 2.75) is 33.3 Å². The van der Waals surface area contributed by atoms with Crippen LogP contribution in [-0.2, 0) is 9.47 Å². The first-order valence-electron chi connectivity index (χ1n) is 6.23. The highest BCUT2D eigenvalue weighted by atomic mass is 16.6. The molecular formula is C14H19NO5. The number of carbonyl (C=O) groups excluding carboxylic acids is 2. The molecule has 0 atom stereocenters. The Hall–Kier alpha value is -2.24. The van der Waals surface area contributed by atoms with Crippen molar-refractivity contribution in [2.75, 3.05) is 11.9 Å². The second kappa shape index (κ2) is 6.27. The summed E-state index contributed by atoms with van der Waals surface area (Å²) in [4.78, 5) is 23.0. The lowest BCUT2D eigenvalue weighted by molar-refractivity contribution is 0.0525. The van der Waals surface area contributed by atoms with Gasteiger partial charge in [0.05, 0.1) is 17.9 Å². The molecule has 0 heterocycles. The maximum Gasteiger partial charge on any atom is 0.412 e. The van der Waals surface area contributed by atoms with Crippen LogP contribution in [0.3, 0.4) is 0 Å². The van der Waals surface area contributed by atoms with E-state index in [1.54, 1.807) is 27.7 Å². The molecule has 0 aliphatic rings. The standard InChI is InChI=1S/C14H19NO5/c1-5-19-12(17)9-6-7-10(11(16)8-9)15-13(18)20-14(2,3)4/h6-8,16H,5H2,1-4H3,(H,15,18). The molecule has 1 rings (SSSR count). The van der Waals surface area contributed by atoms with Crippen molar-refractivity contribution < 1.29 is 24.2 Å². The monoisotopic (exact) mass is 281 g/mol. The van der Waals surface area contributed by atoms with Gasteiger partial charge in [-0.1, -0.05) is 0 Å². The fraction of sp³-hybridized carbons (Fsp3) is 0.429. The number of esters is 1. The van der Waals surface area contributed by atoms with Gasteiger partial charge in [-0.2, -0.15) is 0 Å². The minimum absolute atomic E-state index is 0.160. The molecule has 1 aromatic rings. The first kappa shape index (κ1) is 15.8. The predicted octanol–water partition coefficient (Wildman–Crippen LogP) is 2.92. The Morgan fingerprint density at radius 1 is 1.30 bits per heavy atom. The molecule has 6 nitrogen and oxygen atoms in total. The lowest BCUT2D eigenvalue weighted by atomic mass is 10.2. The van der Waals surface area contributed by atoms with Crippen molar-refractivity contribution in [3.63, 3.8) is 0 Å². The van der Waals surface area contributed by atoms with Crippen molar-refractivity contribution in [1.82, 2.24) is 0 Å². The van der Waals surface area contributed by atoms with E-state index in [1.807, 2.05) is 0 Å². The number of amides is 1. The number of rotatable bonds is 3. The first-order valence-corrected chi connectivity index (χ1v) is 6.23. The molecule has 1 amide bonds. The van der Waals surface area contributed by atoms with E-state index in [4.69, 9.17) is 9.47 Å². The van der Waals surface area contributed by atoms with Crippen molar-refractivity contribution in [3.05, 3.63) is 23.8 Å². The normalized spacial score (nSPS) is 10.8. The zero-order valence-electron chi connectivity index (χ0n) is 12.0. The zero-order chi connectivity index (χ0) is 15.3. The Bertz CT molecular complexity index is 505. The summed E-state index contributed by atoms with van der Waals surface area (Å²) in [5, 5.41) is 12.2. The summed E-state index contributed by atoms with van der Waals surface area (Å²) in [6.45, 7) is 7.14. The van der Waals surface area contributed by atoms with Gasteiger partial charge in [0.25, 0.3) is 0 Å². The van der Waals surface area contributed by atoms with Gasteiger partial charge < -0.3 is 14.6 Å². The number of benzene rings is 1. The molecule has 0 aromatic heterocycles. The highest BCUT2D eigenvalue weighted by molar-refractivity contribution is 5.92. The minimum atomic E-state index is -0.684. The Labute approximate surface area is 117 Å². The third-order valence-corrected chi connectivity index (χ3v) is 2.14. The molecule has 20 heavy (non-hydrogen) atoms. The number of ether oxygens (including phenoxy) is 2. The number of nitrogens with one attached hydrogen (secondary N) is 1. The molecule has 0 fully saturated rings. The largest absolute Gasteiger partial charge is 0.506 e. The van der Waals surface area contributed by atoms with Crippen molar-refractivity contribution >= 4 is 17.7 Å². The SMILES string of the molecule is CCOC(=O)c1ccc(NC(=O)OC(C)(C)C)c(O)c1. The summed E-state index contributed by atoms with van der Waals surface area (Å²) in [5.74, 6) is -0.770. The van der Waals surface area contributed by atoms with Crippen molar-refractivity contribution in [1.29, 1.82) is 0 Å². The topological polar surface area (TPSA) is 84.9 Å². The van der Waals surface area contributed by atoms with Crippen LogP contribution in [0.5, 0.6) is 5.75 Å². The molecule has 0 saturated carbocycles. The van der Waals surface area contributed by atoms with E-state index in [1.165, 1.54) is 18.2 Å². The van der Waals surface area contributed by atoms with E-state index in [0.717, 1.165) is 0 Å². The summed E-state index contributed by atoms with van der Waals surface area (Å²) in [5.41, 5.74) is -0.267. The van der Waals surface area contributed by atoms with E-state index >= 15 is 0 Å². The summed E-state index contributed by atoms with van der Waals surface area (Å²) < 4.78 is 9.87. The van der Waals surface area contributed by atoms with Crippen molar-refractivity contribution in [3.8, 4) is 5.75 Å². The summed E-state index contributed by atoms with van der Waals surface area (Å²) >= 11 is 0. The molecule has 2 N–H and O–H groups in total. The molecule has 0 aliphatic carbocycles. The van der Waals surface area contributed by atoms with E-state index in [0.29, 0.717) is 0 Å². The third-order valence-electron chi connectivity index (χ3n) is 2.14. The van der Waals surface area contributed by atoms with Gasteiger partial charge in [0.15, 0.2) is 0 Å². The van der Waals surface area contributed by atoms with E-state index in [-0.39, 0.29) is 23.6 Å². The van der Waals surface area contributed by atoms with Crippen LogP contribution >= 0.6 is 0 Å². The third kappa shape index (κ3) is 4.79. The average molecular weight is 281 g/mol. The number of anilines is 1. The Kier molecular flexibility index (Phi) is 4.96. The Morgan fingerprint density at radius 3 is 2.45 bits per heavy atom. The maximum atomic E-state index is 11.6. The van der Waals surface area contributed by atoms with Gasteiger partial charge in [-0.3, -0.25) is 5.32 Å². The maximum absolute atomic E-state index is 11.6. The number of aromatic hydroxyl groups is 1. The highest BCUT2D eigenvalue weighted by Crippen LogP contribution is 2.25. The molecule has 110 valence electrons. The molecule has 6 heteroatoms. The van der Waals surface area contributed by atoms with E-state index < -0.39 is 17.7 Å². The van der Waals surface area contributed by atoms with Gasteiger partial charge in [0, 0.05) is 0 Å². The fourth-order valence-electron chi connectivity index (χ4n) is 1.39. The Balaban J connectivity index is 2.79. The fourth-order valence-corrected chi connectivity index (χ4v) is 1.39. The number of hydrogen-bond acceptors (Lipinski definition) is 5. The number of hydrogen-bond donors (Lipinski definition) is 2. The van der Waals surface area contributed by atoms with Crippen LogP contribution in [0.2, 0.25) is 0 Å². The molecule has 1 aromatic carbocycles. The molecule has 0 aliphatic heterocycles. The van der Waals surface area contributed by atoms with Gasteiger partial charge in [0.2, 0.25) is 0 Å². The Morgan fingerprint density at radius 2 is 1.95 bits per heavy atom. The second-order valence-corrected chi connectivity index (χ2v) is 5.08. The summed E-state index contributed by atoms with van der Waals surface area (Å²) in [7, 11) is 0. The molecule has 0 radical (unpaired) electrons.